The first-order chi connectivity index (χ1) is 16.1. The van der Waals surface area contributed by atoms with Gasteiger partial charge in [-0.15, -0.1) is 0 Å². The van der Waals surface area contributed by atoms with E-state index in [1.165, 1.54) is 12.1 Å². The molecule has 0 bridgehead atoms. The molecule has 4 heteroatoms. The molecule has 166 valence electrons. The highest BCUT2D eigenvalue weighted by molar-refractivity contribution is 6.15. The van der Waals surface area contributed by atoms with Crippen molar-refractivity contribution in [2.24, 2.45) is 5.41 Å². The predicted octanol–water partition coefficient (Wildman–Crippen LogP) is 6.71. The molecular formula is C29H25FO3. The van der Waals surface area contributed by atoms with Gasteiger partial charge in [-0.3, -0.25) is 9.59 Å². The Labute approximate surface area is 192 Å². The highest BCUT2D eigenvalue weighted by Crippen LogP contribution is 2.56. The fourth-order valence-corrected chi connectivity index (χ4v) is 5.37. The van der Waals surface area contributed by atoms with Crippen molar-refractivity contribution in [2.45, 2.75) is 38.0 Å². The van der Waals surface area contributed by atoms with Crippen molar-refractivity contribution in [3.63, 3.8) is 0 Å². The molecule has 3 aromatic carbocycles. The number of allylic oxidation sites excluding steroid dienone is 1. The van der Waals surface area contributed by atoms with Gasteiger partial charge in [-0.25, -0.2) is 4.39 Å². The van der Waals surface area contributed by atoms with Gasteiger partial charge in [0.15, 0.2) is 5.78 Å². The Bertz CT molecular complexity index is 1190. The van der Waals surface area contributed by atoms with Crippen molar-refractivity contribution in [3.8, 4) is 0 Å². The van der Waals surface area contributed by atoms with Crippen LogP contribution in [0.5, 0.6) is 0 Å². The van der Waals surface area contributed by atoms with Crippen LogP contribution >= 0.6 is 0 Å². The maximum absolute atomic E-state index is 14.0. The smallest absolute Gasteiger partial charge is 0.318 e. The molecule has 3 nitrogen and oxygen atoms in total. The van der Waals surface area contributed by atoms with Crippen LogP contribution in [0.3, 0.4) is 0 Å². The van der Waals surface area contributed by atoms with Crippen LogP contribution in [0.1, 0.15) is 59.5 Å². The Balaban J connectivity index is 1.80. The van der Waals surface area contributed by atoms with Gasteiger partial charge in [0.25, 0.3) is 0 Å². The van der Waals surface area contributed by atoms with Gasteiger partial charge < -0.3 is 4.74 Å². The number of ketones is 1. The summed E-state index contributed by atoms with van der Waals surface area (Å²) in [6.45, 7) is 0. The van der Waals surface area contributed by atoms with E-state index in [0.29, 0.717) is 35.3 Å². The minimum atomic E-state index is -0.839. The number of ether oxygens (including phenoxy) is 1. The van der Waals surface area contributed by atoms with E-state index in [-0.39, 0.29) is 17.6 Å². The molecule has 33 heavy (non-hydrogen) atoms. The maximum atomic E-state index is 14.0. The summed E-state index contributed by atoms with van der Waals surface area (Å²) in [7, 11) is 0. The van der Waals surface area contributed by atoms with E-state index in [0.717, 1.165) is 24.8 Å². The van der Waals surface area contributed by atoms with Crippen LogP contribution in [0.25, 0.3) is 5.76 Å². The maximum Gasteiger partial charge on any atom is 0.318 e. The van der Waals surface area contributed by atoms with E-state index in [2.05, 4.69) is 0 Å². The molecule has 1 saturated carbocycles. The molecule has 1 heterocycles. The molecule has 0 amide bonds. The zero-order valence-electron chi connectivity index (χ0n) is 18.3. The van der Waals surface area contributed by atoms with Crippen LogP contribution in [0.4, 0.5) is 4.39 Å². The molecule has 0 N–H and O–H groups in total. The van der Waals surface area contributed by atoms with E-state index in [1.807, 2.05) is 48.5 Å². The molecule has 0 aromatic heterocycles. The topological polar surface area (TPSA) is 43.4 Å². The van der Waals surface area contributed by atoms with Crippen molar-refractivity contribution in [3.05, 3.63) is 113 Å². The number of esters is 1. The van der Waals surface area contributed by atoms with E-state index >= 15 is 0 Å². The van der Waals surface area contributed by atoms with E-state index < -0.39 is 11.3 Å². The average Bonchev–Trinajstić information content (AvgIpc) is 2.87. The molecule has 1 aliphatic heterocycles. The minimum Gasteiger partial charge on any atom is -0.425 e. The summed E-state index contributed by atoms with van der Waals surface area (Å²) in [5, 5.41) is 0. The lowest BCUT2D eigenvalue weighted by Gasteiger charge is -2.45. The third-order valence-electron chi connectivity index (χ3n) is 6.95. The zero-order valence-corrected chi connectivity index (χ0v) is 18.3. The van der Waals surface area contributed by atoms with Gasteiger partial charge >= 0.3 is 5.97 Å². The van der Waals surface area contributed by atoms with Crippen molar-refractivity contribution in [2.75, 3.05) is 0 Å². The number of carbonyl (C=O) groups is 2. The van der Waals surface area contributed by atoms with Gasteiger partial charge in [0.2, 0.25) is 0 Å². The summed E-state index contributed by atoms with van der Waals surface area (Å²) >= 11 is 0. The van der Waals surface area contributed by atoms with Crippen LogP contribution < -0.4 is 0 Å². The van der Waals surface area contributed by atoms with E-state index in [4.69, 9.17) is 4.74 Å². The van der Waals surface area contributed by atoms with Gasteiger partial charge in [-0.1, -0.05) is 92.1 Å². The lowest BCUT2D eigenvalue weighted by Crippen LogP contribution is -2.45. The fourth-order valence-electron chi connectivity index (χ4n) is 5.37. The normalized spacial score (nSPS) is 19.9. The quantitative estimate of drug-likeness (QED) is 0.334. The van der Waals surface area contributed by atoms with Crippen molar-refractivity contribution in [1.82, 2.24) is 0 Å². The average molecular weight is 441 g/mol. The van der Waals surface area contributed by atoms with Crippen LogP contribution in [0.15, 0.2) is 90.5 Å². The lowest BCUT2D eigenvalue weighted by atomic mass is 9.59. The highest BCUT2D eigenvalue weighted by atomic mass is 19.1. The second-order valence-electron chi connectivity index (χ2n) is 8.89. The molecule has 3 aromatic rings. The first kappa shape index (κ1) is 21.3. The predicted molar refractivity (Wildman–Crippen MR) is 125 cm³/mol. The minimum absolute atomic E-state index is 0.166. The number of halogens is 1. The van der Waals surface area contributed by atoms with Gasteiger partial charge in [0, 0.05) is 17.0 Å². The summed E-state index contributed by atoms with van der Waals surface area (Å²) in [5.74, 6) is -1.01. The third-order valence-corrected chi connectivity index (χ3v) is 6.95. The largest absolute Gasteiger partial charge is 0.425 e. The molecule has 1 atom stereocenters. The molecule has 1 unspecified atom stereocenters. The number of hydrogen-bond acceptors (Lipinski definition) is 3. The zero-order chi connectivity index (χ0) is 22.8. The number of Topliss-reactive ketones (excluding diaryl/α,β-unsaturated/α-hetero) is 1. The molecule has 1 spiro atoms. The summed E-state index contributed by atoms with van der Waals surface area (Å²) < 4.78 is 19.9. The third kappa shape index (κ3) is 3.80. The summed E-state index contributed by atoms with van der Waals surface area (Å²) in [6.07, 6.45) is 4.10. The Morgan fingerprint density at radius 2 is 1.42 bits per heavy atom. The molecular weight excluding hydrogens is 415 g/mol. The first-order valence-electron chi connectivity index (χ1n) is 11.5. The standard InChI is InChI=1S/C29H25FO3/c30-23-16-14-20(15-17-23)25-24(26(31)21-10-4-1-5-11-21)27(22-12-6-2-7-13-22)33-28(32)29(25)18-8-3-9-19-29/h1-2,4-7,10-17,25H,3,8-9,18-19H2. The summed E-state index contributed by atoms with van der Waals surface area (Å²) in [5.41, 5.74) is 1.62. The molecule has 0 radical (unpaired) electrons. The van der Waals surface area contributed by atoms with Crippen molar-refractivity contribution in [1.29, 1.82) is 0 Å². The fraction of sp³-hybridized carbons (Fsp3) is 0.241. The SMILES string of the molecule is O=C(C1=C(c2ccccc2)OC(=O)C2(CCCCC2)C1c1ccc(F)cc1)c1ccccc1. The van der Waals surface area contributed by atoms with Crippen LogP contribution in [0, 0.1) is 11.2 Å². The van der Waals surface area contributed by atoms with Crippen LogP contribution in [0.2, 0.25) is 0 Å². The molecule has 5 rings (SSSR count). The number of benzene rings is 3. The van der Waals surface area contributed by atoms with E-state index in [1.54, 1.807) is 24.3 Å². The van der Waals surface area contributed by atoms with E-state index in [9.17, 15) is 14.0 Å². The van der Waals surface area contributed by atoms with Crippen molar-refractivity contribution >= 4 is 17.5 Å². The Hall–Kier alpha value is -3.53. The van der Waals surface area contributed by atoms with Gasteiger partial charge in [0.1, 0.15) is 11.6 Å². The Morgan fingerprint density at radius 1 is 0.818 bits per heavy atom. The van der Waals surface area contributed by atoms with Crippen LogP contribution in [-0.4, -0.2) is 11.8 Å². The second kappa shape index (κ2) is 8.78. The number of hydrogen-bond donors (Lipinski definition) is 0. The number of rotatable bonds is 4. The molecule has 2 aliphatic rings. The highest BCUT2D eigenvalue weighted by Gasteiger charge is 2.55. The van der Waals surface area contributed by atoms with Crippen LogP contribution in [-0.2, 0) is 9.53 Å². The molecule has 1 fully saturated rings. The van der Waals surface area contributed by atoms with Gasteiger partial charge in [0.05, 0.1) is 11.0 Å². The summed E-state index contributed by atoms with van der Waals surface area (Å²) in [4.78, 5) is 27.7. The lowest BCUT2D eigenvalue weighted by molar-refractivity contribution is -0.153. The molecule has 0 saturated heterocycles. The van der Waals surface area contributed by atoms with Gasteiger partial charge in [-0.2, -0.15) is 0 Å². The van der Waals surface area contributed by atoms with Crippen molar-refractivity contribution < 1.29 is 18.7 Å². The summed E-state index contributed by atoms with van der Waals surface area (Å²) in [6, 6.07) is 24.6. The number of cyclic esters (lactones) is 1. The molecule has 1 aliphatic carbocycles. The Kier molecular flexibility index (Phi) is 5.67. The second-order valence-corrected chi connectivity index (χ2v) is 8.89. The monoisotopic (exact) mass is 440 g/mol. The van der Waals surface area contributed by atoms with Gasteiger partial charge in [-0.05, 0) is 30.5 Å². The Morgan fingerprint density at radius 3 is 2.06 bits per heavy atom. The number of carbonyl (C=O) groups excluding carboxylic acids is 2. The first-order valence-corrected chi connectivity index (χ1v) is 11.5.